The van der Waals surface area contributed by atoms with Gasteiger partial charge in [-0.2, -0.15) is 5.10 Å². The number of para-hydroxylation sites is 1. The smallest absolute Gasteiger partial charge is 0.221 e. The van der Waals surface area contributed by atoms with Crippen molar-refractivity contribution in [2.24, 2.45) is 12.8 Å². The maximum atomic E-state index is 11.0. The molecular weight excluding hydrogens is 228 g/mol. The zero-order valence-corrected chi connectivity index (χ0v) is 10.3. The Morgan fingerprint density at radius 1 is 1.44 bits per heavy atom. The number of hydrogen-bond donors (Lipinski definition) is 2. The molecule has 0 saturated heterocycles. The van der Waals surface area contributed by atoms with Gasteiger partial charge in [0.25, 0.3) is 0 Å². The number of nitrogens with zero attached hydrogens (tertiary/aromatic N) is 2. The number of primary amides is 1. The lowest BCUT2D eigenvalue weighted by Gasteiger charge is -2.09. The van der Waals surface area contributed by atoms with Crippen LogP contribution in [0.25, 0.3) is 0 Å². The highest BCUT2D eigenvalue weighted by Gasteiger charge is 2.05. The fraction of sp³-hybridized carbons (Fsp3) is 0.231. The summed E-state index contributed by atoms with van der Waals surface area (Å²) in [6.45, 7) is 0.670. The molecule has 0 spiro atoms. The van der Waals surface area contributed by atoms with Gasteiger partial charge in [0.15, 0.2) is 0 Å². The topological polar surface area (TPSA) is 72.9 Å². The number of carbonyl (C=O) groups excluding carboxylic acids is 1. The van der Waals surface area contributed by atoms with E-state index in [1.165, 1.54) is 0 Å². The first-order chi connectivity index (χ1) is 8.65. The standard InChI is InChI=1S/C13H16N4O/c1-17-9-10(8-16-17)7-15-12-5-3-2-4-11(12)6-13(14)18/h2-5,8-9,15H,6-7H2,1H3,(H2,14,18). The van der Waals surface area contributed by atoms with Crippen LogP contribution in [0.1, 0.15) is 11.1 Å². The molecule has 94 valence electrons. The normalized spacial score (nSPS) is 10.3. The van der Waals surface area contributed by atoms with Gasteiger partial charge in [-0.25, -0.2) is 0 Å². The fourth-order valence-electron chi connectivity index (χ4n) is 1.80. The lowest BCUT2D eigenvalue weighted by molar-refractivity contribution is -0.117. The highest BCUT2D eigenvalue weighted by Crippen LogP contribution is 2.16. The highest BCUT2D eigenvalue weighted by molar-refractivity contribution is 5.78. The number of nitrogens with one attached hydrogen (secondary N) is 1. The van der Waals surface area contributed by atoms with E-state index in [9.17, 15) is 4.79 Å². The van der Waals surface area contributed by atoms with E-state index in [0.717, 1.165) is 16.8 Å². The molecule has 2 rings (SSSR count). The summed E-state index contributed by atoms with van der Waals surface area (Å²) in [6.07, 6.45) is 4.00. The van der Waals surface area contributed by atoms with Gasteiger partial charge in [0.05, 0.1) is 12.6 Å². The molecule has 0 saturated carbocycles. The summed E-state index contributed by atoms with van der Waals surface area (Å²) in [5.74, 6) is -0.328. The number of aryl methyl sites for hydroxylation is 1. The quantitative estimate of drug-likeness (QED) is 0.826. The summed E-state index contributed by atoms with van der Waals surface area (Å²) in [5, 5.41) is 7.39. The number of benzene rings is 1. The van der Waals surface area contributed by atoms with Gasteiger partial charge in [0.1, 0.15) is 0 Å². The van der Waals surface area contributed by atoms with E-state index in [1.807, 2.05) is 43.7 Å². The Morgan fingerprint density at radius 3 is 2.89 bits per heavy atom. The largest absolute Gasteiger partial charge is 0.381 e. The summed E-state index contributed by atoms with van der Waals surface area (Å²) in [6, 6.07) is 7.66. The van der Waals surface area contributed by atoms with Gasteiger partial charge < -0.3 is 11.1 Å². The van der Waals surface area contributed by atoms with Crippen LogP contribution in [-0.2, 0) is 24.8 Å². The van der Waals surface area contributed by atoms with Gasteiger partial charge in [-0.15, -0.1) is 0 Å². The van der Waals surface area contributed by atoms with Crippen LogP contribution in [0.5, 0.6) is 0 Å². The lowest BCUT2D eigenvalue weighted by atomic mass is 10.1. The molecule has 5 nitrogen and oxygen atoms in total. The van der Waals surface area contributed by atoms with E-state index in [-0.39, 0.29) is 12.3 Å². The first-order valence-electron chi connectivity index (χ1n) is 5.73. The predicted octanol–water partition coefficient (Wildman–Crippen LogP) is 1.06. The minimum absolute atomic E-state index is 0.246. The molecule has 0 aliphatic carbocycles. The molecule has 1 amide bonds. The first-order valence-corrected chi connectivity index (χ1v) is 5.73. The lowest BCUT2D eigenvalue weighted by Crippen LogP contribution is -2.15. The molecule has 0 aliphatic heterocycles. The summed E-state index contributed by atoms with van der Waals surface area (Å²) < 4.78 is 1.76. The van der Waals surface area contributed by atoms with Gasteiger partial charge in [-0.3, -0.25) is 9.48 Å². The Balaban J connectivity index is 2.06. The Bertz CT molecular complexity index is 547. The van der Waals surface area contributed by atoms with Gasteiger partial charge in [-0.1, -0.05) is 18.2 Å². The zero-order chi connectivity index (χ0) is 13.0. The third-order valence-corrected chi connectivity index (χ3v) is 2.62. The van der Waals surface area contributed by atoms with Crippen molar-refractivity contribution in [3.05, 3.63) is 47.8 Å². The minimum atomic E-state index is -0.328. The molecule has 1 aromatic carbocycles. The summed E-state index contributed by atoms with van der Waals surface area (Å²) >= 11 is 0. The van der Waals surface area contributed by atoms with Crippen LogP contribution < -0.4 is 11.1 Å². The molecule has 0 unspecified atom stereocenters. The van der Waals surface area contributed by atoms with Crippen LogP contribution in [-0.4, -0.2) is 15.7 Å². The first kappa shape index (κ1) is 12.2. The molecule has 0 fully saturated rings. The van der Waals surface area contributed by atoms with Crippen LogP contribution in [0.3, 0.4) is 0 Å². The number of rotatable bonds is 5. The van der Waals surface area contributed by atoms with Crippen molar-refractivity contribution in [3.8, 4) is 0 Å². The Kier molecular flexibility index (Phi) is 3.62. The average Bonchev–Trinajstić information content (AvgIpc) is 2.73. The Morgan fingerprint density at radius 2 is 2.22 bits per heavy atom. The third kappa shape index (κ3) is 3.10. The second kappa shape index (κ2) is 5.35. The third-order valence-electron chi connectivity index (χ3n) is 2.62. The number of nitrogens with two attached hydrogens (primary N) is 1. The van der Waals surface area contributed by atoms with Crippen molar-refractivity contribution in [3.63, 3.8) is 0 Å². The molecule has 18 heavy (non-hydrogen) atoms. The van der Waals surface area contributed by atoms with Crippen LogP contribution in [0, 0.1) is 0 Å². The van der Waals surface area contributed by atoms with Crippen molar-refractivity contribution < 1.29 is 4.79 Å². The van der Waals surface area contributed by atoms with Crippen LogP contribution in [0.15, 0.2) is 36.7 Å². The molecule has 0 aliphatic rings. The van der Waals surface area contributed by atoms with E-state index in [4.69, 9.17) is 5.73 Å². The van der Waals surface area contributed by atoms with Gasteiger partial charge >= 0.3 is 0 Å². The minimum Gasteiger partial charge on any atom is -0.381 e. The molecule has 5 heteroatoms. The maximum Gasteiger partial charge on any atom is 0.221 e. The van der Waals surface area contributed by atoms with Crippen LogP contribution >= 0.6 is 0 Å². The Hall–Kier alpha value is -2.30. The highest BCUT2D eigenvalue weighted by atomic mass is 16.1. The van der Waals surface area contributed by atoms with E-state index >= 15 is 0 Å². The van der Waals surface area contributed by atoms with E-state index in [1.54, 1.807) is 4.68 Å². The van der Waals surface area contributed by atoms with Crippen molar-refractivity contribution >= 4 is 11.6 Å². The van der Waals surface area contributed by atoms with Crippen LogP contribution in [0.4, 0.5) is 5.69 Å². The fourth-order valence-corrected chi connectivity index (χ4v) is 1.80. The summed E-state index contributed by atoms with van der Waals surface area (Å²) in [4.78, 5) is 11.0. The van der Waals surface area contributed by atoms with E-state index < -0.39 is 0 Å². The number of amides is 1. The maximum absolute atomic E-state index is 11.0. The monoisotopic (exact) mass is 244 g/mol. The summed E-state index contributed by atoms with van der Waals surface area (Å²) in [7, 11) is 1.88. The van der Waals surface area contributed by atoms with Gasteiger partial charge in [-0.05, 0) is 11.6 Å². The molecule has 3 N–H and O–H groups in total. The molecule has 2 aromatic rings. The second-order valence-corrected chi connectivity index (χ2v) is 4.18. The average molecular weight is 244 g/mol. The Labute approximate surface area is 106 Å². The molecule has 0 bridgehead atoms. The van der Waals surface area contributed by atoms with Crippen LogP contribution in [0.2, 0.25) is 0 Å². The van der Waals surface area contributed by atoms with E-state index in [2.05, 4.69) is 10.4 Å². The number of anilines is 1. The molecule has 1 heterocycles. The molecule has 1 aromatic heterocycles. The number of aromatic nitrogens is 2. The van der Waals surface area contributed by atoms with E-state index in [0.29, 0.717) is 6.54 Å². The predicted molar refractivity (Wildman–Crippen MR) is 69.9 cm³/mol. The van der Waals surface area contributed by atoms with Crippen molar-refractivity contribution in [2.45, 2.75) is 13.0 Å². The van der Waals surface area contributed by atoms with Gasteiger partial charge in [0.2, 0.25) is 5.91 Å². The number of carbonyl (C=O) groups is 1. The van der Waals surface area contributed by atoms with Gasteiger partial charge in [0, 0.05) is 31.0 Å². The SMILES string of the molecule is Cn1cc(CNc2ccccc2CC(N)=O)cn1. The number of hydrogen-bond acceptors (Lipinski definition) is 3. The zero-order valence-electron chi connectivity index (χ0n) is 10.3. The van der Waals surface area contributed by atoms with Crippen molar-refractivity contribution in [1.29, 1.82) is 0 Å². The second-order valence-electron chi connectivity index (χ2n) is 4.18. The summed E-state index contributed by atoms with van der Waals surface area (Å²) in [5.41, 5.74) is 8.15. The van der Waals surface area contributed by atoms with Crippen molar-refractivity contribution in [2.75, 3.05) is 5.32 Å². The molecular formula is C13H16N4O. The van der Waals surface area contributed by atoms with Crippen molar-refractivity contribution in [1.82, 2.24) is 9.78 Å². The molecule has 0 atom stereocenters. The molecule has 0 radical (unpaired) electrons.